The topological polar surface area (TPSA) is 52.6 Å². The average Bonchev–Trinajstić information content (AvgIpc) is 2.77. The number of benzene rings is 1. The molecule has 0 radical (unpaired) electrons. The van der Waals surface area contributed by atoms with Crippen LogP contribution in [-0.2, 0) is 4.79 Å². The van der Waals surface area contributed by atoms with Crippen LogP contribution in [-0.4, -0.2) is 64.9 Å². The second kappa shape index (κ2) is 8.65. The van der Waals surface area contributed by atoms with Crippen molar-refractivity contribution in [2.75, 3.05) is 44.2 Å². The number of amides is 1. The number of halogens is 1. The van der Waals surface area contributed by atoms with Gasteiger partial charge in [0.1, 0.15) is 17.7 Å². The Labute approximate surface area is 165 Å². The number of anilines is 1. The maximum Gasteiger partial charge on any atom is 0.244 e. The van der Waals surface area contributed by atoms with Crippen LogP contribution in [0.5, 0.6) is 0 Å². The quantitative estimate of drug-likeness (QED) is 0.812. The lowest BCUT2D eigenvalue weighted by molar-refractivity contribution is -0.138. The van der Waals surface area contributed by atoms with Gasteiger partial charge in [-0.25, -0.2) is 9.37 Å². The normalized spacial score (nSPS) is 19.5. The molecule has 7 heteroatoms. The molecule has 6 nitrogen and oxygen atoms in total. The van der Waals surface area contributed by atoms with Crippen molar-refractivity contribution >= 4 is 11.7 Å². The van der Waals surface area contributed by atoms with Crippen LogP contribution in [0.1, 0.15) is 30.9 Å². The monoisotopic (exact) mass is 383 g/mol. The summed E-state index contributed by atoms with van der Waals surface area (Å²) in [5, 5.41) is 0. The molecule has 1 aromatic carbocycles. The van der Waals surface area contributed by atoms with Gasteiger partial charge in [-0.15, -0.1) is 0 Å². The number of carbonyl (C=O) groups is 1. The first kappa shape index (κ1) is 18.8. The molecule has 1 aromatic heterocycles. The summed E-state index contributed by atoms with van der Waals surface area (Å²) >= 11 is 0. The summed E-state index contributed by atoms with van der Waals surface area (Å²) in [6.45, 7) is 4.60. The Morgan fingerprint density at radius 1 is 0.929 bits per heavy atom. The highest BCUT2D eigenvalue weighted by Crippen LogP contribution is 2.27. The lowest BCUT2D eigenvalue weighted by Gasteiger charge is -2.40. The summed E-state index contributed by atoms with van der Waals surface area (Å²) in [6, 6.07) is 6.07. The van der Waals surface area contributed by atoms with Crippen molar-refractivity contribution in [2.45, 2.75) is 25.3 Å². The third-order valence-corrected chi connectivity index (χ3v) is 5.64. The summed E-state index contributed by atoms with van der Waals surface area (Å²) in [5.41, 5.74) is 0.879. The largest absolute Gasteiger partial charge is 0.352 e. The third-order valence-electron chi connectivity index (χ3n) is 5.64. The molecule has 1 atom stereocenters. The number of piperidine rings is 1. The molecule has 1 amide bonds. The van der Waals surface area contributed by atoms with Crippen molar-refractivity contribution in [3.63, 3.8) is 0 Å². The van der Waals surface area contributed by atoms with Gasteiger partial charge in [0.2, 0.25) is 5.91 Å². The zero-order valence-corrected chi connectivity index (χ0v) is 16.0. The van der Waals surface area contributed by atoms with Gasteiger partial charge in [-0.2, -0.15) is 0 Å². The molecule has 3 heterocycles. The van der Waals surface area contributed by atoms with E-state index >= 15 is 0 Å². The van der Waals surface area contributed by atoms with E-state index in [1.165, 1.54) is 18.6 Å². The molecule has 2 aliphatic heterocycles. The van der Waals surface area contributed by atoms with Gasteiger partial charge in [0, 0.05) is 38.6 Å². The molecule has 2 fully saturated rings. The zero-order chi connectivity index (χ0) is 19.3. The van der Waals surface area contributed by atoms with Crippen LogP contribution in [0.25, 0.3) is 0 Å². The molecule has 0 aliphatic carbocycles. The third kappa shape index (κ3) is 4.14. The number of carbonyl (C=O) groups excluding carboxylic acids is 1. The van der Waals surface area contributed by atoms with Gasteiger partial charge in [-0.3, -0.25) is 14.7 Å². The number of aromatic nitrogens is 2. The molecule has 0 unspecified atom stereocenters. The number of likely N-dealkylation sites (tertiary alicyclic amines) is 1. The van der Waals surface area contributed by atoms with E-state index < -0.39 is 0 Å². The molecular weight excluding hydrogens is 357 g/mol. The van der Waals surface area contributed by atoms with Gasteiger partial charge in [0.15, 0.2) is 0 Å². The average molecular weight is 383 g/mol. The fourth-order valence-electron chi connectivity index (χ4n) is 4.11. The second-order valence-electron chi connectivity index (χ2n) is 7.43. The predicted molar refractivity (Wildman–Crippen MR) is 105 cm³/mol. The van der Waals surface area contributed by atoms with Crippen LogP contribution < -0.4 is 4.90 Å². The van der Waals surface area contributed by atoms with E-state index in [9.17, 15) is 9.18 Å². The SMILES string of the molecule is O=C([C@H](c1ccc(F)cc1)N1CCCCC1)N1CCN(c2cnccn2)CC1. The van der Waals surface area contributed by atoms with E-state index in [-0.39, 0.29) is 17.8 Å². The Balaban J connectivity index is 1.48. The van der Waals surface area contributed by atoms with Crippen molar-refractivity contribution in [2.24, 2.45) is 0 Å². The minimum atomic E-state index is -0.330. The Hall–Kier alpha value is -2.54. The molecule has 4 rings (SSSR count). The number of nitrogens with zero attached hydrogens (tertiary/aromatic N) is 5. The molecule has 2 saturated heterocycles. The lowest BCUT2D eigenvalue weighted by Crippen LogP contribution is -2.53. The lowest BCUT2D eigenvalue weighted by atomic mass is 10.00. The van der Waals surface area contributed by atoms with Crippen LogP contribution in [0.3, 0.4) is 0 Å². The maximum atomic E-state index is 13.5. The summed E-state index contributed by atoms with van der Waals surface area (Å²) < 4.78 is 13.4. The van der Waals surface area contributed by atoms with Crippen molar-refractivity contribution in [3.8, 4) is 0 Å². The smallest absolute Gasteiger partial charge is 0.244 e. The fourth-order valence-corrected chi connectivity index (χ4v) is 4.11. The van der Waals surface area contributed by atoms with Crippen molar-refractivity contribution in [1.29, 1.82) is 0 Å². The van der Waals surface area contributed by atoms with Crippen LogP contribution >= 0.6 is 0 Å². The Kier molecular flexibility index (Phi) is 5.81. The molecule has 28 heavy (non-hydrogen) atoms. The van der Waals surface area contributed by atoms with Crippen molar-refractivity contribution in [3.05, 3.63) is 54.2 Å². The van der Waals surface area contributed by atoms with Gasteiger partial charge in [0.25, 0.3) is 0 Å². The summed E-state index contributed by atoms with van der Waals surface area (Å²) in [6.07, 6.45) is 8.52. The van der Waals surface area contributed by atoms with Crippen LogP contribution in [0.2, 0.25) is 0 Å². The number of piperazine rings is 1. The van der Waals surface area contributed by atoms with Gasteiger partial charge in [-0.1, -0.05) is 18.6 Å². The fraction of sp³-hybridized carbons (Fsp3) is 0.476. The predicted octanol–water partition coefficient (Wildman–Crippen LogP) is 2.49. The molecule has 0 spiro atoms. The van der Waals surface area contributed by atoms with Gasteiger partial charge >= 0.3 is 0 Å². The highest BCUT2D eigenvalue weighted by atomic mass is 19.1. The van der Waals surface area contributed by atoms with Crippen molar-refractivity contribution in [1.82, 2.24) is 19.8 Å². The zero-order valence-electron chi connectivity index (χ0n) is 16.0. The van der Waals surface area contributed by atoms with E-state index in [0.29, 0.717) is 13.1 Å². The first-order chi connectivity index (χ1) is 13.7. The van der Waals surface area contributed by atoms with E-state index in [1.807, 2.05) is 4.90 Å². The van der Waals surface area contributed by atoms with E-state index in [1.54, 1.807) is 30.7 Å². The molecule has 2 aromatic rings. The first-order valence-corrected chi connectivity index (χ1v) is 10.0. The Bertz CT molecular complexity index is 771. The highest BCUT2D eigenvalue weighted by Gasteiger charge is 2.33. The minimum Gasteiger partial charge on any atom is -0.352 e. The van der Waals surface area contributed by atoms with Crippen LogP contribution in [0.4, 0.5) is 10.2 Å². The maximum absolute atomic E-state index is 13.5. The van der Waals surface area contributed by atoms with Gasteiger partial charge in [-0.05, 0) is 43.6 Å². The van der Waals surface area contributed by atoms with Crippen LogP contribution in [0, 0.1) is 5.82 Å². The summed E-state index contributed by atoms with van der Waals surface area (Å²) in [5.74, 6) is 0.694. The van der Waals surface area contributed by atoms with Crippen LogP contribution in [0.15, 0.2) is 42.9 Å². The standard InChI is InChI=1S/C21H26FN5O/c22-18-6-4-17(5-7-18)20(26-10-2-1-3-11-26)21(28)27-14-12-25(13-15-27)19-16-23-8-9-24-19/h4-9,16,20H,1-3,10-15H2/t20-/m0/s1. The van der Waals surface area contributed by atoms with E-state index in [2.05, 4.69) is 19.8 Å². The number of hydrogen-bond donors (Lipinski definition) is 0. The molecule has 2 aliphatic rings. The van der Waals surface area contributed by atoms with E-state index in [0.717, 1.165) is 50.4 Å². The minimum absolute atomic E-state index is 0.118. The molecule has 148 valence electrons. The molecule has 0 saturated carbocycles. The Morgan fingerprint density at radius 3 is 2.29 bits per heavy atom. The Morgan fingerprint density at radius 2 is 1.64 bits per heavy atom. The summed E-state index contributed by atoms with van der Waals surface area (Å²) in [4.78, 5) is 28.3. The molecule has 0 bridgehead atoms. The van der Waals surface area contributed by atoms with E-state index in [4.69, 9.17) is 0 Å². The van der Waals surface area contributed by atoms with Gasteiger partial charge in [0.05, 0.1) is 6.20 Å². The summed E-state index contributed by atoms with van der Waals surface area (Å²) in [7, 11) is 0. The second-order valence-corrected chi connectivity index (χ2v) is 7.43. The molecule has 0 N–H and O–H groups in total. The van der Waals surface area contributed by atoms with Crippen molar-refractivity contribution < 1.29 is 9.18 Å². The van der Waals surface area contributed by atoms with Gasteiger partial charge < -0.3 is 9.80 Å². The number of hydrogen-bond acceptors (Lipinski definition) is 5. The molecular formula is C21H26FN5O. The highest BCUT2D eigenvalue weighted by molar-refractivity contribution is 5.83. The number of rotatable bonds is 4. The first-order valence-electron chi connectivity index (χ1n) is 10.0.